The standard InChI is InChI=1S/C11H11NO3/c1-3-8-9(13)5-4-7(6-12)10(8)11(14)15-2/h4-5,13H,3H2,1-2H3. The smallest absolute Gasteiger partial charge is 0.339 e. The summed E-state index contributed by atoms with van der Waals surface area (Å²) in [5, 5.41) is 18.4. The first-order valence-electron chi connectivity index (χ1n) is 4.49. The molecule has 0 heterocycles. The van der Waals surface area contributed by atoms with E-state index < -0.39 is 5.97 Å². The van der Waals surface area contributed by atoms with Gasteiger partial charge in [-0.05, 0) is 18.6 Å². The largest absolute Gasteiger partial charge is 0.508 e. The second kappa shape index (κ2) is 4.47. The number of ether oxygens (including phenoxy) is 1. The molecule has 78 valence electrons. The molecule has 0 aliphatic heterocycles. The van der Waals surface area contributed by atoms with Crippen LogP contribution in [-0.2, 0) is 11.2 Å². The van der Waals surface area contributed by atoms with Crippen LogP contribution in [-0.4, -0.2) is 18.2 Å². The van der Waals surface area contributed by atoms with Crippen molar-refractivity contribution in [1.82, 2.24) is 0 Å². The number of hydrogen-bond donors (Lipinski definition) is 1. The molecule has 1 N–H and O–H groups in total. The molecule has 15 heavy (non-hydrogen) atoms. The Morgan fingerprint density at radius 3 is 2.73 bits per heavy atom. The molecule has 0 atom stereocenters. The molecule has 0 unspecified atom stereocenters. The van der Waals surface area contributed by atoms with E-state index in [1.54, 1.807) is 6.92 Å². The van der Waals surface area contributed by atoms with Crippen LogP contribution in [0.2, 0.25) is 0 Å². The summed E-state index contributed by atoms with van der Waals surface area (Å²) >= 11 is 0. The van der Waals surface area contributed by atoms with Gasteiger partial charge in [0.25, 0.3) is 0 Å². The van der Waals surface area contributed by atoms with Gasteiger partial charge in [-0.1, -0.05) is 6.92 Å². The van der Waals surface area contributed by atoms with Crippen LogP contribution in [0.25, 0.3) is 0 Å². The lowest BCUT2D eigenvalue weighted by molar-refractivity contribution is 0.0598. The van der Waals surface area contributed by atoms with Crippen LogP contribution >= 0.6 is 0 Å². The summed E-state index contributed by atoms with van der Waals surface area (Å²) in [5.74, 6) is -0.587. The quantitative estimate of drug-likeness (QED) is 0.744. The van der Waals surface area contributed by atoms with E-state index in [-0.39, 0.29) is 16.9 Å². The van der Waals surface area contributed by atoms with E-state index in [0.29, 0.717) is 12.0 Å². The molecule has 0 saturated heterocycles. The van der Waals surface area contributed by atoms with E-state index in [9.17, 15) is 9.90 Å². The van der Waals surface area contributed by atoms with Gasteiger partial charge < -0.3 is 9.84 Å². The van der Waals surface area contributed by atoms with Gasteiger partial charge in [-0.25, -0.2) is 4.79 Å². The van der Waals surface area contributed by atoms with Crippen molar-refractivity contribution in [2.24, 2.45) is 0 Å². The first-order valence-corrected chi connectivity index (χ1v) is 4.49. The average Bonchev–Trinajstić information content (AvgIpc) is 2.27. The lowest BCUT2D eigenvalue weighted by Crippen LogP contribution is -2.08. The maximum absolute atomic E-state index is 11.4. The first-order chi connectivity index (χ1) is 7.15. The molecule has 0 aliphatic rings. The Bertz CT molecular complexity index is 432. The van der Waals surface area contributed by atoms with Crippen molar-refractivity contribution in [3.8, 4) is 11.8 Å². The van der Waals surface area contributed by atoms with Crippen molar-refractivity contribution >= 4 is 5.97 Å². The summed E-state index contributed by atoms with van der Waals surface area (Å²) in [6, 6.07) is 4.71. The molecule has 4 heteroatoms. The first kappa shape index (κ1) is 11.1. The fourth-order valence-electron chi connectivity index (χ4n) is 1.42. The number of rotatable bonds is 2. The van der Waals surface area contributed by atoms with Crippen LogP contribution in [0.3, 0.4) is 0 Å². The summed E-state index contributed by atoms with van der Waals surface area (Å²) in [4.78, 5) is 11.4. The Labute approximate surface area is 87.7 Å². The number of nitrogens with zero attached hydrogens (tertiary/aromatic N) is 1. The molecule has 4 nitrogen and oxygen atoms in total. The Morgan fingerprint density at radius 1 is 1.60 bits per heavy atom. The third-order valence-corrected chi connectivity index (χ3v) is 2.15. The molecule has 0 saturated carbocycles. The number of nitriles is 1. The highest BCUT2D eigenvalue weighted by Gasteiger charge is 2.18. The van der Waals surface area contributed by atoms with Crippen molar-refractivity contribution in [1.29, 1.82) is 5.26 Å². The zero-order chi connectivity index (χ0) is 11.4. The fourth-order valence-corrected chi connectivity index (χ4v) is 1.42. The Balaban J connectivity index is 3.49. The third kappa shape index (κ3) is 1.91. The van der Waals surface area contributed by atoms with Crippen molar-refractivity contribution < 1.29 is 14.6 Å². The van der Waals surface area contributed by atoms with Gasteiger partial charge in [0.15, 0.2) is 0 Å². The van der Waals surface area contributed by atoms with Gasteiger partial charge in [0.2, 0.25) is 0 Å². The topological polar surface area (TPSA) is 70.3 Å². The highest BCUT2D eigenvalue weighted by atomic mass is 16.5. The molecule has 1 aromatic rings. The van der Waals surface area contributed by atoms with Crippen LogP contribution in [0.1, 0.15) is 28.4 Å². The normalized spacial score (nSPS) is 9.40. The predicted molar refractivity (Wildman–Crippen MR) is 53.5 cm³/mol. The molecule has 0 aliphatic carbocycles. The van der Waals surface area contributed by atoms with E-state index in [1.165, 1.54) is 19.2 Å². The average molecular weight is 205 g/mol. The van der Waals surface area contributed by atoms with Crippen molar-refractivity contribution in [2.45, 2.75) is 13.3 Å². The minimum Gasteiger partial charge on any atom is -0.508 e. The number of phenols is 1. The Kier molecular flexibility index (Phi) is 3.29. The lowest BCUT2D eigenvalue weighted by Gasteiger charge is -2.09. The SMILES string of the molecule is CCc1c(O)ccc(C#N)c1C(=O)OC. The molecule has 0 bridgehead atoms. The zero-order valence-corrected chi connectivity index (χ0v) is 8.57. The minimum atomic E-state index is -0.598. The number of benzene rings is 1. The van der Waals surface area contributed by atoms with Crippen molar-refractivity contribution in [2.75, 3.05) is 7.11 Å². The van der Waals surface area contributed by atoms with Crippen LogP contribution in [0.5, 0.6) is 5.75 Å². The predicted octanol–water partition coefficient (Wildman–Crippen LogP) is 1.61. The molecule has 1 rings (SSSR count). The van der Waals surface area contributed by atoms with Crippen molar-refractivity contribution in [3.63, 3.8) is 0 Å². The number of carbonyl (C=O) groups is 1. The number of phenolic OH excluding ortho intramolecular Hbond substituents is 1. The third-order valence-electron chi connectivity index (χ3n) is 2.15. The van der Waals surface area contributed by atoms with Gasteiger partial charge in [-0.3, -0.25) is 0 Å². The molecule has 0 spiro atoms. The van der Waals surface area contributed by atoms with E-state index in [1.807, 2.05) is 6.07 Å². The van der Waals surface area contributed by atoms with E-state index >= 15 is 0 Å². The molecule has 0 amide bonds. The van der Waals surface area contributed by atoms with Crippen molar-refractivity contribution in [3.05, 3.63) is 28.8 Å². The van der Waals surface area contributed by atoms with Crippen LogP contribution in [0.4, 0.5) is 0 Å². The maximum atomic E-state index is 11.4. The van der Waals surface area contributed by atoms with Gasteiger partial charge >= 0.3 is 5.97 Å². The number of aromatic hydroxyl groups is 1. The highest BCUT2D eigenvalue weighted by Crippen LogP contribution is 2.25. The number of esters is 1. The Morgan fingerprint density at radius 2 is 2.27 bits per heavy atom. The summed E-state index contributed by atoms with van der Waals surface area (Å²) in [6.07, 6.45) is 0.464. The molecule has 0 radical (unpaired) electrons. The summed E-state index contributed by atoms with van der Waals surface area (Å²) in [5.41, 5.74) is 0.819. The molecular weight excluding hydrogens is 194 g/mol. The van der Waals surface area contributed by atoms with Gasteiger partial charge in [0.1, 0.15) is 11.8 Å². The molecule has 0 fully saturated rings. The second-order valence-electron chi connectivity index (χ2n) is 2.94. The second-order valence-corrected chi connectivity index (χ2v) is 2.94. The molecule has 1 aromatic carbocycles. The van der Waals surface area contributed by atoms with E-state index in [2.05, 4.69) is 4.74 Å². The summed E-state index contributed by atoms with van der Waals surface area (Å²) in [7, 11) is 1.24. The van der Waals surface area contributed by atoms with Crippen LogP contribution in [0.15, 0.2) is 12.1 Å². The van der Waals surface area contributed by atoms with Crippen LogP contribution < -0.4 is 0 Å². The summed E-state index contributed by atoms with van der Waals surface area (Å²) < 4.78 is 4.58. The summed E-state index contributed by atoms with van der Waals surface area (Å²) in [6.45, 7) is 1.79. The van der Waals surface area contributed by atoms with Crippen LogP contribution in [0, 0.1) is 11.3 Å². The molecule has 0 aromatic heterocycles. The van der Waals surface area contributed by atoms with Gasteiger partial charge in [0, 0.05) is 5.56 Å². The number of carbonyl (C=O) groups excluding carboxylic acids is 1. The van der Waals surface area contributed by atoms with Gasteiger partial charge in [-0.15, -0.1) is 0 Å². The minimum absolute atomic E-state index is 0.0110. The zero-order valence-electron chi connectivity index (χ0n) is 8.57. The lowest BCUT2D eigenvalue weighted by atomic mass is 9.99. The highest BCUT2D eigenvalue weighted by molar-refractivity contribution is 5.94. The monoisotopic (exact) mass is 205 g/mol. The maximum Gasteiger partial charge on any atom is 0.339 e. The van der Waals surface area contributed by atoms with E-state index in [4.69, 9.17) is 5.26 Å². The van der Waals surface area contributed by atoms with Gasteiger partial charge in [-0.2, -0.15) is 5.26 Å². The van der Waals surface area contributed by atoms with Gasteiger partial charge in [0.05, 0.1) is 18.2 Å². The number of hydrogen-bond acceptors (Lipinski definition) is 4. The van der Waals surface area contributed by atoms with E-state index in [0.717, 1.165) is 0 Å². The Hall–Kier alpha value is -2.02. The fraction of sp³-hybridized carbons (Fsp3) is 0.273. The molecular formula is C11H11NO3. The number of methoxy groups -OCH3 is 1.